The Morgan fingerprint density at radius 3 is 2.25 bits per heavy atom. The van der Waals surface area contributed by atoms with E-state index in [9.17, 15) is 19.2 Å². The molecule has 12 rings (SSSR count). The van der Waals surface area contributed by atoms with Gasteiger partial charge in [0.15, 0.2) is 5.82 Å². The van der Waals surface area contributed by atoms with Crippen LogP contribution in [0.25, 0.3) is 22.3 Å². The van der Waals surface area contributed by atoms with Crippen LogP contribution in [0.3, 0.4) is 0 Å². The number of rotatable bonds is 12. The molecule has 5 amide bonds. The van der Waals surface area contributed by atoms with Gasteiger partial charge in [-0.25, -0.2) is 19.3 Å². The zero-order valence-corrected chi connectivity index (χ0v) is 44.5. The summed E-state index contributed by atoms with van der Waals surface area (Å²) >= 11 is 0. The lowest BCUT2D eigenvalue weighted by atomic mass is 9.73. The molecule has 6 fully saturated rings. The van der Waals surface area contributed by atoms with Crippen LogP contribution in [0.1, 0.15) is 133 Å². The van der Waals surface area contributed by atoms with Crippen molar-refractivity contribution in [1.29, 1.82) is 0 Å². The first-order chi connectivity index (χ1) is 37.4. The zero-order chi connectivity index (χ0) is 53.0. The van der Waals surface area contributed by atoms with E-state index in [4.69, 9.17) is 9.97 Å². The molecule has 0 bridgehead atoms. The Kier molecular flexibility index (Phi) is 14.1. The number of piperidine rings is 4. The van der Waals surface area contributed by atoms with Crippen molar-refractivity contribution in [2.75, 3.05) is 61.3 Å². The molecule has 2 aromatic carbocycles. The summed E-state index contributed by atoms with van der Waals surface area (Å²) in [6.07, 6.45) is 15.9. The lowest BCUT2D eigenvalue weighted by molar-refractivity contribution is -0.144. The number of fused-ring (bicyclic) bond motifs is 3. The molecule has 404 valence electrons. The van der Waals surface area contributed by atoms with Crippen molar-refractivity contribution in [2.45, 2.75) is 140 Å². The number of benzene rings is 2. The highest BCUT2D eigenvalue weighted by molar-refractivity contribution is 6.09. The number of aromatic nitrogens is 4. The number of hydrogen-bond donors (Lipinski definition) is 3. The minimum Gasteiger partial charge on any atom is -0.370 e. The number of imidazole rings is 1. The summed E-state index contributed by atoms with van der Waals surface area (Å²) in [5, 5.41) is 9.19. The molecule has 1 atom stereocenters. The van der Waals surface area contributed by atoms with Gasteiger partial charge in [0.05, 0.1) is 34.6 Å². The van der Waals surface area contributed by atoms with Gasteiger partial charge >= 0.3 is 0 Å². The van der Waals surface area contributed by atoms with Crippen molar-refractivity contribution < 1.29 is 28.4 Å². The molecule has 3 N–H and O–H groups in total. The lowest BCUT2D eigenvalue weighted by Gasteiger charge is -2.48. The summed E-state index contributed by atoms with van der Waals surface area (Å²) in [5.41, 5.74) is 5.45. The third-order valence-corrected chi connectivity index (χ3v) is 18.6. The minimum absolute atomic E-state index is 0.0154. The standard InChI is InChI=1S/C60H72FN11O5/c1-37(2)71-36-64-50-34-49(66-55(54(50)71)65-48-9-5-4-8-47(48)61)42-14-16-46-51(30-42)72(44-32-43(33-44)68-24-6-3-7-25-68)59(77)60(46)21-28-70(29-22-60)58(76)40-19-26-69(27-20-40)57(75)39-12-10-38(11-13-39)35-63-52-31-41(18-23-62-52)45-15-17-53(73)67-56(45)74/h4-5,8-9,14,16,18,23,30-31,34,36-40,43-45H,3,6-7,10-13,15,17,19-22,24-29,32-33,35H2,1-2H3,(H,62,63)(H,65,66)(H,67,73,74). The number of nitrogens with one attached hydrogen (secondary N) is 3. The van der Waals surface area contributed by atoms with Crippen LogP contribution in [-0.4, -0.2) is 122 Å². The zero-order valence-electron chi connectivity index (χ0n) is 44.5. The molecule has 2 aliphatic carbocycles. The second-order valence-electron chi connectivity index (χ2n) is 23.4. The third-order valence-electron chi connectivity index (χ3n) is 18.6. The highest BCUT2D eigenvalue weighted by Gasteiger charge is 2.56. The van der Waals surface area contributed by atoms with Crippen LogP contribution in [0.5, 0.6) is 0 Å². The van der Waals surface area contributed by atoms with E-state index in [1.165, 1.54) is 25.3 Å². The largest absolute Gasteiger partial charge is 0.370 e. The number of anilines is 4. The SMILES string of the molecule is CC(C)n1cnc2cc(-c3ccc4c(c3)N(C3CC(N5CCCCC5)C3)C(=O)C43CCN(C(=O)C4CCN(C(=O)C5CCC(CNc6cc(C7CCC(=O)NC7=O)ccn6)CC5)CC4)CC3)nc(Nc3ccccc3F)c21. The van der Waals surface area contributed by atoms with Crippen LogP contribution in [0, 0.1) is 23.6 Å². The molecule has 3 aromatic heterocycles. The summed E-state index contributed by atoms with van der Waals surface area (Å²) in [6, 6.07) is 19.3. The van der Waals surface area contributed by atoms with Crippen LogP contribution in [0.4, 0.5) is 27.4 Å². The number of likely N-dealkylation sites (tertiary alicyclic amines) is 3. The van der Waals surface area contributed by atoms with Gasteiger partial charge in [0, 0.05) is 86.6 Å². The average Bonchev–Trinajstić information content (AvgIpc) is 4.20. The maximum Gasteiger partial charge on any atom is 0.238 e. The van der Waals surface area contributed by atoms with Crippen LogP contribution >= 0.6 is 0 Å². The Balaban J connectivity index is 0.691. The van der Waals surface area contributed by atoms with Crippen molar-refractivity contribution in [1.82, 2.24) is 39.5 Å². The second-order valence-corrected chi connectivity index (χ2v) is 23.4. The molecule has 8 heterocycles. The highest BCUT2D eigenvalue weighted by Crippen LogP contribution is 2.52. The van der Waals surface area contributed by atoms with Crippen molar-refractivity contribution in [3.05, 3.63) is 90.1 Å². The van der Waals surface area contributed by atoms with Gasteiger partial charge in [0.25, 0.3) is 0 Å². The van der Waals surface area contributed by atoms with E-state index < -0.39 is 5.41 Å². The van der Waals surface area contributed by atoms with Crippen LogP contribution < -0.4 is 20.9 Å². The Labute approximate surface area is 449 Å². The van der Waals surface area contributed by atoms with E-state index in [1.54, 1.807) is 30.7 Å². The first-order valence-corrected chi connectivity index (χ1v) is 28.6. The summed E-state index contributed by atoms with van der Waals surface area (Å²) in [7, 11) is 0. The summed E-state index contributed by atoms with van der Waals surface area (Å²) < 4.78 is 17.2. The van der Waals surface area contributed by atoms with Crippen LogP contribution in [0.2, 0.25) is 0 Å². The molecule has 2 saturated carbocycles. The maximum atomic E-state index is 15.3. The summed E-state index contributed by atoms with van der Waals surface area (Å²) in [4.78, 5) is 90.8. The molecule has 1 unspecified atom stereocenters. The molecule has 7 aliphatic rings. The van der Waals surface area contributed by atoms with E-state index in [2.05, 4.69) is 62.8 Å². The first kappa shape index (κ1) is 51.0. The molecule has 4 saturated heterocycles. The van der Waals surface area contributed by atoms with E-state index in [-0.39, 0.29) is 65.2 Å². The number of pyridine rings is 2. The van der Waals surface area contributed by atoms with Crippen molar-refractivity contribution >= 4 is 63.6 Å². The number of carbonyl (C=O) groups is 5. The molecule has 16 nitrogen and oxygen atoms in total. The number of imide groups is 1. The second kappa shape index (κ2) is 21.2. The quantitative estimate of drug-likeness (QED) is 0.102. The Hall–Kier alpha value is -6.75. The smallest absolute Gasteiger partial charge is 0.238 e. The van der Waals surface area contributed by atoms with Gasteiger partial charge < -0.3 is 34.8 Å². The van der Waals surface area contributed by atoms with Gasteiger partial charge in [-0.2, -0.15) is 0 Å². The Morgan fingerprint density at radius 1 is 0.792 bits per heavy atom. The first-order valence-electron chi connectivity index (χ1n) is 28.6. The van der Waals surface area contributed by atoms with Gasteiger partial charge in [-0.1, -0.05) is 30.7 Å². The van der Waals surface area contributed by atoms with Crippen LogP contribution in [-0.2, 0) is 29.4 Å². The molecule has 77 heavy (non-hydrogen) atoms. The predicted molar refractivity (Wildman–Crippen MR) is 293 cm³/mol. The number of hydrogen-bond acceptors (Lipinski definition) is 11. The van der Waals surface area contributed by atoms with E-state index in [0.29, 0.717) is 99.7 Å². The molecule has 0 radical (unpaired) electrons. The maximum absolute atomic E-state index is 15.3. The molecule has 5 aliphatic heterocycles. The molecule has 5 aromatic rings. The fourth-order valence-electron chi connectivity index (χ4n) is 13.9. The number of halogens is 1. The average molecular weight is 1050 g/mol. The normalized spacial score (nSPS) is 25.0. The topological polar surface area (TPSA) is 178 Å². The number of nitrogens with zero attached hydrogens (tertiary/aromatic N) is 8. The predicted octanol–water partition coefficient (Wildman–Crippen LogP) is 8.86. The Morgan fingerprint density at radius 2 is 1.52 bits per heavy atom. The number of para-hydroxylation sites is 1. The monoisotopic (exact) mass is 1050 g/mol. The molecular formula is C60H72FN11O5. The minimum atomic E-state index is -0.740. The van der Waals surface area contributed by atoms with Crippen molar-refractivity contribution in [3.8, 4) is 11.3 Å². The van der Waals surface area contributed by atoms with E-state index >= 15 is 9.18 Å². The van der Waals surface area contributed by atoms with Crippen LogP contribution in [0.15, 0.2) is 73.2 Å². The van der Waals surface area contributed by atoms with E-state index in [1.807, 2.05) is 32.6 Å². The number of carbonyl (C=O) groups excluding carboxylic acids is 5. The van der Waals surface area contributed by atoms with Gasteiger partial charge in [-0.3, -0.25) is 29.3 Å². The summed E-state index contributed by atoms with van der Waals surface area (Å²) in [5.74, 6) is 0.719. The van der Waals surface area contributed by atoms with Gasteiger partial charge in [0.2, 0.25) is 29.5 Å². The lowest BCUT2D eigenvalue weighted by Crippen LogP contribution is -2.58. The van der Waals surface area contributed by atoms with Crippen molar-refractivity contribution in [3.63, 3.8) is 0 Å². The van der Waals surface area contributed by atoms with Gasteiger partial charge in [-0.05, 0) is 164 Å². The van der Waals surface area contributed by atoms with Crippen molar-refractivity contribution in [2.24, 2.45) is 17.8 Å². The molecular weight excluding hydrogens is 974 g/mol. The molecule has 1 spiro atoms. The van der Waals surface area contributed by atoms with Gasteiger partial charge in [0.1, 0.15) is 17.2 Å². The fourth-order valence-corrected chi connectivity index (χ4v) is 13.9. The summed E-state index contributed by atoms with van der Waals surface area (Å²) in [6.45, 7) is 9.29. The Bertz CT molecular complexity index is 3070. The fraction of sp³-hybridized carbons (Fsp3) is 0.533. The van der Waals surface area contributed by atoms with Gasteiger partial charge in [-0.15, -0.1) is 0 Å². The highest BCUT2D eigenvalue weighted by atomic mass is 19.1. The molecule has 17 heteroatoms. The number of amides is 5. The third kappa shape index (κ3) is 9.86. The van der Waals surface area contributed by atoms with E-state index in [0.717, 1.165) is 91.6 Å².